The van der Waals surface area contributed by atoms with E-state index in [1.54, 1.807) is 0 Å². The van der Waals surface area contributed by atoms with Crippen LogP contribution in [-0.2, 0) is 20.0 Å². The maximum Gasteiger partial charge on any atom is 0.114 e. The van der Waals surface area contributed by atoms with Gasteiger partial charge in [-0.15, -0.1) is 0 Å². The highest BCUT2D eigenvalue weighted by Gasteiger charge is 2.10. The Morgan fingerprint density at radius 2 is 1.95 bits per heavy atom. The monoisotopic (exact) mass is 299 g/mol. The summed E-state index contributed by atoms with van der Waals surface area (Å²) in [7, 11) is 4.01. The zero-order chi connectivity index (χ0) is 14.8. The van der Waals surface area contributed by atoms with Crippen LogP contribution >= 0.6 is 11.6 Å². The fourth-order valence-electron chi connectivity index (χ4n) is 2.65. The number of hydrogen-bond acceptors (Lipinski definition) is 2. The van der Waals surface area contributed by atoms with E-state index in [2.05, 4.69) is 35.1 Å². The van der Waals surface area contributed by atoms with E-state index in [-0.39, 0.29) is 0 Å². The van der Waals surface area contributed by atoms with Gasteiger partial charge in [-0.2, -0.15) is 0 Å². The highest BCUT2D eigenvalue weighted by Crippen LogP contribution is 2.21. The Bertz CT molecular complexity index is 777. The minimum atomic E-state index is 0.772. The fourth-order valence-corrected chi connectivity index (χ4v) is 2.84. The Hall–Kier alpha value is -1.84. The molecule has 21 heavy (non-hydrogen) atoms. The Kier molecular flexibility index (Phi) is 3.95. The van der Waals surface area contributed by atoms with Crippen molar-refractivity contribution in [2.24, 2.45) is 7.05 Å². The molecule has 0 fully saturated rings. The van der Waals surface area contributed by atoms with Gasteiger partial charge in [0.05, 0.1) is 11.0 Å². The molecule has 1 aromatic heterocycles. The molecule has 0 aliphatic heterocycles. The van der Waals surface area contributed by atoms with E-state index >= 15 is 0 Å². The first-order chi connectivity index (χ1) is 10.2. The summed E-state index contributed by atoms with van der Waals surface area (Å²) >= 11 is 6.10. The van der Waals surface area contributed by atoms with Crippen LogP contribution in [0.2, 0.25) is 5.02 Å². The quantitative estimate of drug-likeness (QED) is 0.798. The minimum absolute atomic E-state index is 0.772. The van der Waals surface area contributed by atoms with Gasteiger partial charge in [0.15, 0.2) is 0 Å². The first-order valence-electron chi connectivity index (χ1n) is 7.01. The van der Waals surface area contributed by atoms with Gasteiger partial charge in [0.1, 0.15) is 5.82 Å². The first-order valence-corrected chi connectivity index (χ1v) is 7.39. The summed E-state index contributed by atoms with van der Waals surface area (Å²) in [5.41, 5.74) is 4.68. The van der Waals surface area contributed by atoms with E-state index in [1.165, 1.54) is 11.1 Å². The number of aromatic nitrogens is 2. The van der Waals surface area contributed by atoms with E-state index in [0.717, 1.165) is 34.8 Å². The Labute approximate surface area is 129 Å². The SMILES string of the molecule is CNCc1cc(Cl)ccc1Cc1nc2ccccc2n1C. The van der Waals surface area contributed by atoms with Crippen molar-refractivity contribution in [1.82, 2.24) is 14.9 Å². The lowest BCUT2D eigenvalue weighted by molar-refractivity contribution is 0.793. The number of rotatable bonds is 4. The Balaban J connectivity index is 2.00. The van der Waals surface area contributed by atoms with E-state index in [9.17, 15) is 0 Å². The van der Waals surface area contributed by atoms with Gasteiger partial charge in [0.25, 0.3) is 0 Å². The minimum Gasteiger partial charge on any atom is -0.331 e. The molecule has 108 valence electrons. The van der Waals surface area contributed by atoms with Gasteiger partial charge in [0.2, 0.25) is 0 Å². The van der Waals surface area contributed by atoms with Gasteiger partial charge < -0.3 is 9.88 Å². The molecular formula is C17H18ClN3. The maximum atomic E-state index is 6.10. The van der Waals surface area contributed by atoms with Crippen LogP contribution in [0.1, 0.15) is 17.0 Å². The molecule has 0 amide bonds. The van der Waals surface area contributed by atoms with Crippen LogP contribution in [0.25, 0.3) is 11.0 Å². The molecule has 0 aliphatic carbocycles. The normalized spacial score (nSPS) is 11.2. The van der Waals surface area contributed by atoms with E-state index in [0.29, 0.717) is 0 Å². The average Bonchev–Trinajstić information content (AvgIpc) is 2.79. The van der Waals surface area contributed by atoms with Crippen LogP contribution in [0.5, 0.6) is 0 Å². The van der Waals surface area contributed by atoms with E-state index in [1.807, 2.05) is 31.3 Å². The zero-order valence-electron chi connectivity index (χ0n) is 12.2. The molecule has 1 N–H and O–H groups in total. The number of fused-ring (bicyclic) bond motifs is 1. The standard InChI is InChI=1S/C17H18ClN3/c1-19-11-13-9-14(18)8-7-12(13)10-17-20-15-5-3-4-6-16(15)21(17)2/h3-9,19H,10-11H2,1-2H3. The van der Waals surface area contributed by atoms with E-state index in [4.69, 9.17) is 16.6 Å². The summed E-state index contributed by atoms with van der Waals surface area (Å²) in [5.74, 6) is 1.07. The molecule has 3 rings (SSSR count). The Morgan fingerprint density at radius 1 is 1.14 bits per heavy atom. The highest BCUT2D eigenvalue weighted by atomic mass is 35.5. The van der Waals surface area contributed by atoms with Crippen LogP contribution in [0.4, 0.5) is 0 Å². The van der Waals surface area contributed by atoms with Crippen molar-refractivity contribution in [2.75, 3.05) is 7.05 Å². The number of para-hydroxylation sites is 2. The van der Waals surface area contributed by atoms with Crippen LogP contribution in [0.3, 0.4) is 0 Å². The summed E-state index contributed by atoms with van der Waals surface area (Å²) in [5, 5.41) is 3.96. The van der Waals surface area contributed by atoms with Crippen LogP contribution in [0, 0.1) is 0 Å². The molecule has 3 aromatic rings. The topological polar surface area (TPSA) is 29.9 Å². The number of nitrogens with one attached hydrogen (secondary N) is 1. The number of nitrogens with zero attached hydrogens (tertiary/aromatic N) is 2. The van der Waals surface area contributed by atoms with Gasteiger partial charge >= 0.3 is 0 Å². The number of hydrogen-bond donors (Lipinski definition) is 1. The third-order valence-electron chi connectivity index (χ3n) is 3.76. The lowest BCUT2D eigenvalue weighted by Crippen LogP contribution is -2.09. The molecule has 0 saturated carbocycles. The summed E-state index contributed by atoms with van der Waals surface area (Å²) in [4.78, 5) is 4.74. The van der Waals surface area contributed by atoms with Crippen LogP contribution in [0.15, 0.2) is 42.5 Å². The van der Waals surface area contributed by atoms with Gasteiger partial charge in [-0.1, -0.05) is 29.8 Å². The predicted molar refractivity (Wildman–Crippen MR) is 87.7 cm³/mol. The summed E-state index contributed by atoms with van der Waals surface area (Å²) in [6.07, 6.45) is 0.805. The van der Waals surface area contributed by atoms with Gasteiger partial charge in [-0.3, -0.25) is 0 Å². The Morgan fingerprint density at radius 3 is 2.71 bits per heavy atom. The number of imidazole rings is 1. The van der Waals surface area contributed by atoms with Crippen molar-refractivity contribution in [1.29, 1.82) is 0 Å². The molecule has 0 spiro atoms. The molecule has 3 nitrogen and oxygen atoms in total. The molecular weight excluding hydrogens is 282 g/mol. The lowest BCUT2D eigenvalue weighted by atomic mass is 10.0. The third kappa shape index (κ3) is 2.80. The molecule has 0 atom stereocenters. The zero-order valence-corrected chi connectivity index (χ0v) is 13.0. The number of benzene rings is 2. The lowest BCUT2D eigenvalue weighted by Gasteiger charge is -2.10. The molecule has 2 aromatic carbocycles. The van der Waals surface area contributed by atoms with E-state index < -0.39 is 0 Å². The van der Waals surface area contributed by atoms with Gasteiger partial charge in [-0.25, -0.2) is 4.98 Å². The van der Waals surface area contributed by atoms with Crippen LogP contribution in [-0.4, -0.2) is 16.6 Å². The third-order valence-corrected chi connectivity index (χ3v) is 4.00. The smallest absolute Gasteiger partial charge is 0.114 e. The van der Waals surface area contributed by atoms with Crippen LogP contribution < -0.4 is 5.32 Å². The predicted octanol–water partition coefficient (Wildman–Crippen LogP) is 3.54. The van der Waals surface area contributed by atoms with Crippen molar-refractivity contribution >= 4 is 22.6 Å². The molecule has 0 unspecified atom stereocenters. The first kappa shape index (κ1) is 14.1. The molecule has 0 aliphatic rings. The van der Waals surface area contributed by atoms with Gasteiger partial charge in [0, 0.05) is 25.0 Å². The maximum absolute atomic E-state index is 6.10. The summed E-state index contributed by atoms with van der Waals surface area (Å²) in [6, 6.07) is 14.3. The fraction of sp³-hybridized carbons (Fsp3) is 0.235. The molecule has 0 bridgehead atoms. The largest absolute Gasteiger partial charge is 0.331 e. The summed E-state index contributed by atoms with van der Waals surface area (Å²) in [6.45, 7) is 0.805. The van der Waals surface area contributed by atoms with Crippen molar-refractivity contribution in [3.8, 4) is 0 Å². The molecule has 0 saturated heterocycles. The van der Waals surface area contributed by atoms with Gasteiger partial charge in [-0.05, 0) is 42.4 Å². The summed E-state index contributed by atoms with van der Waals surface area (Å²) < 4.78 is 2.16. The second kappa shape index (κ2) is 5.88. The number of aryl methyl sites for hydroxylation is 1. The second-order valence-corrected chi connectivity index (χ2v) is 5.63. The second-order valence-electron chi connectivity index (χ2n) is 5.20. The van der Waals surface area contributed by atoms with Crippen molar-refractivity contribution in [3.63, 3.8) is 0 Å². The molecule has 4 heteroatoms. The van der Waals surface area contributed by atoms with Crippen molar-refractivity contribution < 1.29 is 0 Å². The van der Waals surface area contributed by atoms with Crippen molar-refractivity contribution in [2.45, 2.75) is 13.0 Å². The number of halogens is 1. The van der Waals surface area contributed by atoms with Crippen molar-refractivity contribution in [3.05, 3.63) is 64.4 Å². The molecule has 1 heterocycles. The molecule has 0 radical (unpaired) electrons. The average molecular weight is 300 g/mol. The highest BCUT2D eigenvalue weighted by molar-refractivity contribution is 6.30.